The summed E-state index contributed by atoms with van der Waals surface area (Å²) in [5.41, 5.74) is -1.58. The maximum absolute atomic E-state index is 12.3. The van der Waals surface area contributed by atoms with Crippen molar-refractivity contribution in [1.29, 1.82) is 0 Å². The van der Waals surface area contributed by atoms with Crippen LogP contribution in [0.25, 0.3) is 0 Å². The standard InChI is InChI=1S/C7H14F3N/c1-4-6(2,5-11-3)7(8,9)10/h11H,4-5H2,1-3H3. The van der Waals surface area contributed by atoms with Gasteiger partial charge in [0.15, 0.2) is 0 Å². The molecule has 0 aliphatic rings. The summed E-state index contributed by atoms with van der Waals surface area (Å²) in [4.78, 5) is 0. The van der Waals surface area contributed by atoms with E-state index in [0.717, 1.165) is 0 Å². The van der Waals surface area contributed by atoms with Gasteiger partial charge in [0.2, 0.25) is 0 Å². The monoisotopic (exact) mass is 169 g/mol. The minimum Gasteiger partial charge on any atom is -0.319 e. The Kier molecular flexibility index (Phi) is 3.35. The molecule has 0 aliphatic carbocycles. The topological polar surface area (TPSA) is 12.0 Å². The lowest BCUT2D eigenvalue weighted by molar-refractivity contribution is -0.216. The Morgan fingerprint density at radius 2 is 1.73 bits per heavy atom. The van der Waals surface area contributed by atoms with Crippen LogP contribution in [0, 0.1) is 5.41 Å². The lowest BCUT2D eigenvalue weighted by atomic mass is 9.87. The molecule has 1 unspecified atom stereocenters. The van der Waals surface area contributed by atoms with E-state index < -0.39 is 11.6 Å². The van der Waals surface area contributed by atoms with E-state index >= 15 is 0 Å². The molecule has 1 atom stereocenters. The van der Waals surface area contributed by atoms with Crippen LogP contribution in [0.2, 0.25) is 0 Å². The fourth-order valence-corrected chi connectivity index (χ4v) is 0.816. The van der Waals surface area contributed by atoms with Crippen molar-refractivity contribution in [2.24, 2.45) is 5.41 Å². The van der Waals surface area contributed by atoms with E-state index in [0.29, 0.717) is 0 Å². The van der Waals surface area contributed by atoms with Crippen LogP contribution in [-0.4, -0.2) is 19.8 Å². The Bertz CT molecular complexity index is 121. The summed E-state index contributed by atoms with van der Waals surface area (Å²) in [6.45, 7) is 2.75. The molecule has 0 aromatic rings. The van der Waals surface area contributed by atoms with Gasteiger partial charge in [0.1, 0.15) is 0 Å². The van der Waals surface area contributed by atoms with Gasteiger partial charge in [0.05, 0.1) is 5.41 Å². The summed E-state index contributed by atoms with van der Waals surface area (Å²) in [6.07, 6.45) is -4.00. The summed E-state index contributed by atoms with van der Waals surface area (Å²) < 4.78 is 36.8. The molecule has 0 spiro atoms. The molecule has 0 fully saturated rings. The molecule has 0 aromatic carbocycles. The van der Waals surface area contributed by atoms with Crippen molar-refractivity contribution in [3.05, 3.63) is 0 Å². The van der Waals surface area contributed by atoms with Crippen LogP contribution >= 0.6 is 0 Å². The first-order valence-corrected chi connectivity index (χ1v) is 3.58. The van der Waals surface area contributed by atoms with E-state index in [9.17, 15) is 13.2 Å². The zero-order valence-electron chi connectivity index (χ0n) is 7.05. The lowest BCUT2D eigenvalue weighted by Gasteiger charge is -2.30. The number of nitrogens with one attached hydrogen (secondary N) is 1. The van der Waals surface area contributed by atoms with E-state index in [1.54, 1.807) is 6.92 Å². The smallest absolute Gasteiger partial charge is 0.319 e. The third-order valence-corrected chi connectivity index (χ3v) is 2.03. The molecule has 4 heteroatoms. The van der Waals surface area contributed by atoms with Gasteiger partial charge in [-0.15, -0.1) is 0 Å². The van der Waals surface area contributed by atoms with Crippen molar-refractivity contribution in [3.63, 3.8) is 0 Å². The van der Waals surface area contributed by atoms with Crippen LogP contribution in [0.5, 0.6) is 0 Å². The third-order valence-electron chi connectivity index (χ3n) is 2.03. The van der Waals surface area contributed by atoms with E-state index in [1.165, 1.54) is 14.0 Å². The second kappa shape index (κ2) is 3.43. The maximum Gasteiger partial charge on any atom is 0.395 e. The number of rotatable bonds is 3. The largest absolute Gasteiger partial charge is 0.395 e. The van der Waals surface area contributed by atoms with E-state index in [1.807, 2.05) is 0 Å². The quantitative estimate of drug-likeness (QED) is 0.682. The number of hydrogen-bond acceptors (Lipinski definition) is 1. The molecule has 0 aliphatic heterocycles. The van der Waals surface area contributed by atoms with E-state index in [4.69, 9.17) is 0 Å². The SMILES string of the molecule is CCC(C)(CNC)C(F)(F)F. The molecule has 0 saturated heterocycles. The summed E-state index contributed by atoms with van der Waals surface area (Å²) in [5, 5.41) is 2.55. The maximum atomic E-state index is 12.3. The Morgan fingerprint density at radius 1 is 1.27 bits per heavy atom. The fourth-order valence-electron chi connectivity index (χ4n) is 0.816. The minimum atomic E-state index is -4.11. The van der Waals surface area contributed by atoms with Crippen LogP contribution in [0.4, 0.5) is 13.2 Å². The van der Waals surface area contributed by atoms with Crippen molar-refractivity contribution in [2.45, 2.75) is 26.4 Å². The highest BCUT2D eigenvalue weighted by molar-refractivity contribution is 4.82. The van der Waals surface area contributed by atoms with Gasteiger partial charge in [-0.2, -0.15) is 13.2 Å². The van der Waals surface area contributed by atoms with Gasteiger partial charge in [-0.3, -0.25) is 0 Å². The van der Waals surface area contributed by atoms with Crippen molar-refractivity contribution in [2.75, 3.05) is 13.6 Å². The molecule has 1 nitrogen and oxygen atoms in total. The molecule has 68 valence electrons. The summed E-state index contributed by atoms with van der Waals surface area (Å²) in [5.74, 6) is 0. The minimum absolute atomic E-state index is 0.0208. The van der Waals surface area contributed by atoms with E-state index in [2.05, 4.69) is 5.32 Å². The lowest BCUT2D eigenvalue weighted by Crippen LogP contribution is -2.42. The predicted octanol–water partition coefficient (Wildman–Crippen LogP) is 2.18. The molecule has 0 bridgehead atoms. The van der Waals surface area contributed by atoms with Crippen LogP contribution < -0.4 is 5.32 Å². The first kappa shape index (κ1) is 10.8. The predicted molar refractivity (Wildman–Crippen MR) is 38.4 cm³/mol. The molecule has 1 N–H and O–H groups in total. The summed E-state index contributed by atoms with van der Waals surface area (Å²) in [7, 11) is 1.53. The molecule has 0 rings (SSSR count). The molecule has 0 radical (unpaired) electrons. The average molecular weight is 169 g/mol. The Labute approximate surface area is 65.0 Å². The molecule has 0 saturated carbocycles. The van der Waals surface area contributed by atoms with Gasteiger partial charge in [0, 0.05) is 6.54 Å². The van der Waals surface area contributed by atoms with Gasteiger partial charge in [-0.25, -0.2) is 0 Å². The average Bonchev–Trinajstić information content (AvgIpc) is 1.86. The second-order valence-electron chi connectivity index (χ2n) is 2.94. The highest BCUT2D eigenvalue weighted by atomic mass is 19.4. The van der Waals surface area contributed by atoms with Gasteiger partial charge in [-0.05, 0) is 20.4 Å². The molecular weight excluding hydrogens is 155 g/mol. The van der Waals surface area contributed by atoms with Gasteiger partial charge >= 0.3 is 6.18 Å². The van der Waals surface area contributed by atoms with E-state index in [-0.39, 0.29) is 13.0 Å². The first-order chi connectivity index (χ1) is 4.87. The first-order valence-electron chi connectivity index (χ1n) is 3.58. The molecular formula is C7H14F3N. The summed E-state index contributed by atoms with van der Waals surface area (Å²) >= 11 is 0. The second-order valence-corrected chi connectivity index (χ2v) is 2.94. The highest BCUT2D eigenvalue weighted by Crippen LogP contribution is 2.39. The molecule has 0 aromatic heterocycles. The Morgan fingerprint density at radius 3 is 1.82 bits per heavy atom. The fraction of sp³-hybridized carbons (Fsp3) is 1.00. The van der Waals surface area contributed by atoms with Crippen molar-refractivity contribution >= 4 is 0 Å². The highest BCUT2D eigenvalue weighted by Gasteiger charge is 2.48. The Balaban J connectivity index is 4.33. The van der Waals surface area contributed by atoms with Crippen LogP contribution in [-0.2, 0) is 0 Å². The third kappa shape index (κ3) is 2.36. The van der Waals surface area contributed by atoms with Gasteiger partial charge < -0.3 is 5.32 Å². The summed E-state index contributed by atoms with van der Waals surface area (Å²) in [6, 6.07) is 0. The normalized spacial score (nSPS) is 18.0. The molecule has 0 heterocycles. The van der Waals surface area contributed by atoms with Crippen LogP contribution in [0.1, 0.15) is 20.3 Å². The zero-order valence-corrected chi connectivity index (χ0v) is 7.05. The van der Waals surface area contributed by atoms with Crippen LogP contribution in [0.3, 0.4) is 0 Å². The van der Waals surface area contributed by atoms with Crippen molar-refractivity contribution in [1.82, 2.24) is 5.32 Å². The molecule has 0 amide bonds. The number of alkyl halides is 3. The van der Waals surface area contributed by atoms with Gasteiger partial charge in [-0.1, -0.05) is 6.92 Å². The number of hydrogen-bond donors (Lipinski definition) is 1. The Hall–Kier alpha value is -0.250. The number of halogens is 3. The van der Waals surface area contributed by atoms with Crippen molar-refractivity contribution in [3.8, 4) is 0 Å². The molecule has 11 heavy (non-hydrogen) atoms. The van der Waals surface area contributed by atoms with Gasteiger partial charge in [0.25, 0.3) is 0 Å². The zero-order chi connectivity index (χ0) is 9.12. The van der Waals surface area contributed by atoms with Crippen molar-refractivity contribution < 1.29 is 13.2 Å². The van der Waals surface area contributed by atoms with Crippen LogP contribution in [0.15, 0.2) is 0 Å².